The number of fused-ring (bicyclic) bond motifs is 1. The monoisotopic (exact) mass is 429 g/mol. The summed E-state index contributed by atoms with van der Waals surface area (Å²) in [5.41, 5.74) is 3.20. The predicted molar refractivity (Wildman–Crippen MR) is 117 cm³/mol. The SMILES string of the molecule is Cc1ccc(S(=O)(=O)NC(CC(C)C)C(=O)Nc2ccc3c(c2)CCC(=O)N3)cc1. The van der Waals surface area contributed by atoms with E-state index in [0.29, 0.717) is 24.9 Å². The molecule has 2 aromatic rings. The highest BCUT2D eigenvalue weighted by atomic mass is 32.2. The van der Waals surface area contributed by atoms with Gasteiger partial charge in [0.05, 0.1) is 4.90 Å². The molecule has 2 amide bonds. The molecule has 3 rings (SSSR count). The maximum atomic E-state index is 12.9. The maximum absolute atomic E-state index is 12.9. The molecule has 30 heavy (non-hydrogen) atoms. The highest BCUT2D eigenvalue weighted by molar-refractivity contribution is 7.89. The molecule has 0 fully saturated rings. The molecule has 0 radical (unpaired) electrons. The van der Waals surface area contributed by atoms with Crippen LogP contribution in [0.3, 0.4) is 0 Å². The number of aryl methyl sites for hydroxylation is 2. The Hall–Kier alpha value is -2.71. The zero-order valence-electron chi connectivity index (χ0n) is 17.4. The molecule has 0 saturated carbocycles. The molecular formula is C22H27N3O4S. The first-order valence-electron chi connectivity index (χ1n) is 9.96. The summed E-state index contributed by atoms with van der Waals surface area (Å²) < 4.78 is 28.1. The number of hydrogen-bond acceptors (Lipinski definition) is 4. The molecule has 160 valence electrons. The number of rotatable bonds is 7. The van der Waals surface area contributed by atoms with Crippen molar-refractivity contribution in [2.45, 2.75) is 51.0 Å². The topological polar surface area (TPSA) is 104 Å². The van der Waals surface area contributed by atoms with Gasteiger partial charge in [-0.3, -0.25) is 9.59 Å². The van der Waals surface area contributed by atoms with E-state index in [9.17, 15) is 18.0 Å². The Bertz CT molecular complexity index is 1050. The van der Waals surface area contributed by atoms with Crippen LogP contribution in [0.4, 0.5) is 11.4 Å². The smallest absolute Gasteiger partial charge is 0.242 e. The summed E-state index contributed by atoms with van der Waals surface area (Å²) in [5, 5.41) is 5.61. The minimum atomic E-state index is -3.84. The van der Waals surface area contributed by atoms with Crippen LogP contribution in [0.5, 0.6) is 0 Å². The molecule has 0 aromatic heterocycles. The molecule has 0 saturated heterocycles. The summed E-state index contributed by atoms with van der Waals surface area (Å²) >= 11 is 0. The van der Waals surface area contributed by atoms with E-state index in [2.05, 4.69) is 15.4 Å². The van der Waals surface area contributed by atoms with E-state index in [1.807, 2.05) is 26.8 Å². The Morgan fingerprint density at radius 2 is 1.80 bits per heavy atom. The number of nitrogens with one attached hydrogen (secondary N) is 3. The first-order chi connectivity index (χ1) is 14.1. The van der Waals surface area contributed by atoms with Crippen LogP contribution in [0.15, 0.2) is 47.4 Å². The normalized spacial score (nSPS) is 14.7. The van der Waals surface area contributed by atoms with Crippen LogP contribution in [0.25, 0.3) is 0 Å². The molecule has 8 heteroatoms. The third kappa shape index (κ3) is 5.46. The molecule has 0 spiro atoms. The van der Waals surface area contributed by atoms with Crippen LogP contribution in [-0.4, -0.2) is 26.3 Å². The van der Waals surface area contributed by atoms with Crippen molar-refractivity contribution < 1.29 is 18.0 Å². The van der Waals surface area contributed by atoms with Crippen LogP contribution in [0.2, 0.25) is 0 Å². The summed E-state index contributed by atoms with van der Waals surface area (Å²) in [5.74, 6) is -0.332. The quantitative estimate of drug-likeness (QED) is 0.629. The molecule has 1 heterocycles. The zero-order valence-corrected chi connectivity index (χ0v) is 18.2. The van der Waals surface area contributed by atoms with Gasteiger partial charge in [-0.25, -0.2) is 8.42 Å². The number of carbonyl (C=O) groups excluding carboxylic acids is 2. The second-order valence-corrected chi connectivity index (χ2v) is 9.74. The van der Waals surface area contributed by atoms with Gasteiger partial charge >= 0.3 is 0 Å². The van der Waals surface area contributed by atoms with Crippen molar-refractivity contribution in [3.63, 3.8) is 0 Å². The molecule has 0 aliphatic carbocycles. The van der Waals surface area contributed by atoms with Gasteiger partial charge in [0.1, 0.15) is 6.04 Å². The second-order valence-electron chi connectivity index (χ2n) is 8.03. The molecular weight excluding hydrogens is 402 g/mol. The van der Waals surface area contributed by atoms with Gasteiger partial charge in [-0.1, -0.05) is 31.5 Å². The van der Waals surface area contributed by atoms with E-state index in [1.54, 1.807) is 24.3 Å². The number of carbonyl (C=O) groups is 2. The van der Waals surface area contributed by atoms with Crippen LogP contribution >= 0.6 is 0 Å². The fraction of sp³-hybridized carbons (Fsp3) is 0.364. The van der Waals surface area contributed by atoms with Crippen LogP contribution in [0, 0.1) is 12.8 Å². The summed E-state index contributed by atoms with van der Waals surface area (Å²) in [6.45, 7) is 5.74. The Kier molecular flexibility index (Phi) is 6.58. The fourth-order valence-corrected chi connectivity index (χ4v) is 4.55. The Morgan fingerprint density at radius 3 is 2.47 bits per heavy atom. The van der Waals surface area contributed by atoms with E-state index in [4.69, 9.17) is 0 Å². The lowest BCUT2D eigenvalue weighted by Gasteiger charge is -2.21. The minimum absolute atomic E-state index is 0.0261. The summed E-state index contributed by atoms with van der Waals surface area (Å²) in [4.78, 5) is 24.6. The van der Waals surface area contributed by atoms with E-state index >= 15 is 0 Å². The molecule has 0 bridgehead atoms. The summed E-state index contributed by atoms with van der Waals surface area (Å²) in [6.07, 6.45) is 1.36. The molecule has 7 nitrogen and oxygen atoms in total. The number of anilines is 2. The van der Waals surface area contributed by atoms with Gasteiger partial charge in [-0.2, -0.15) is 4.72 Å². The fourth-order valence-electron chi connectivity index (χ4n) is 3.34. The lowest BCUT2D eigenvalue weighted by atomic mass is 10.0. The largest absolute Gasteiger partial charge is 0.326 e. The second kappa shape index (κ2) is 8.97. The number of sulfonamides is 1. The lowest BCUT2D eigenvalue weighted by Crippen LogP contribution is -2.44. The number of benzene rings is 2. The van der Waals surface area contributed by atoms with Gasteiger partial charge in [0.15, 0.2) is 0 Å². The van der Waals surface area contributed by atoms with Crippen molar-refractivity contribution in [2.75, 3.05) is 10.6 Å². The summed E-state index contributed by atoms with van der Waals surface area (Å²) in [6, 6.07) is 10.8. The van der Waals surface area contributed by atoms with Crippen molar-refractivity contribution >= 4 is 33.2 Å². The standard InChI is InChI=1S/C22H27N3O4S/c1-14(2)12-20(25-30(28,29)18-8-4-15(3)5-9-18)22(27)23-17-7-10-19-16(13-17)6-11-21(26)24-19/h4-5,7-10,13-14,20,25H,6,11-12H2,1-3H3,(H,23,27)(H,24,26). The molecule has 1 atom stereocenters. The van der Waals surface area contributed by atoms with Crippen LogP contribution in [0.1, 0.15) is 37.8 Å². The molecule has 2 aromatic carbocycles. The minimum Gasteiger partial charge on any atom is -0.326 e. The van der Waals surface area contributed by atoms with Crippen molar-refractivity contribution in [3.05, 3.63) is 53.6 Å². The maximum Gasteiger partial charge on any atom is 0.242 e. The molecule has 1 aliphatic rings. The Labute approximate surface area is 177 Å². The van der Waals surface area contributed by atoms with Gasteiger partial charge in [-0.15, -0.1) is 0 Å². The van der Waals surface area contributed by atoms with Crippen molar-refractivity contribution in [1.82, 2.24) is 4.72 Å². The van der Waals surface area contributed by atoms with E-state index in [1.165, 1.54) is 12.1 Å². The van der Waals surface area contributed by atoms with Crippen LogP contribution in [-0.2, 0) is 26.0 Å². The van der Waals surface area contributed by atoms with Gasteiger partial charge in [0.25, 0.3) is 0 Å². The van der Waals surface area contributed by atoms with Crippen molar-refractivity contribution in [2.24, 2.45) is 5.92 Å². The number of amides is 2. The molecule has 1 aliphatic heterocycles. The first kappa shape index (κ1) is 22.0. The first-order valence-corrected chi connectivity index (χ1v) is 11.4. The zero-order chi connectivity index (χ0) is 21.9. The van der Waals surface area contributed by atoms with Gasteiger partial charge in [0.2, 0.25) is 21.8 Å². The molecule has 1 unspecified atom stereocenters. The highest BCUT2D eigenvalue weighted by Crippen LogP contribution is 2.26. The van der Waals surface area contributed by atoms with Gasteiger partial charge in [-0.05, 0) is 61.6 Å². The average molecular weight is 430 g/mol. The average Bonchev–Trinajstić information content (AvgIpc) is 2.67. The van der Waals surface area contributed by atoms with Crippen molar-refractivity contribution in [1.29, 1.82) is 0 Å². The van der Waals surface area contributed by atoms with E-state index in [0.717, 1.165) is 16.8 Å². The number of hydrogen-bond donors (Lipinski definition) is 3. The van der Waals surface area contributed by atoms with E-state index in [-0.39, 0.29) is 16.7 Å². The predicted octanol–water partition coefficient (Wildman–Crippen LogP) is 3.21. The third-order valence-electron chi connectivity index (χ3n) is 4.92. The Morgan fingerprint density at radius 1 is 1.10 bits per heavy atom. The highest BCUT2D eigenvalue weighted by Gasteiger charge is 2.27. The summed E-state index contributed by atoms with van der Waals surface area (Å²) in [7, 11) is -3.84. The van der Waals surface area contributed by atoms with Crippen molar-refractivity contribution in [3.8, 4) is 0 Å². The molecule has 3 N–H and O–H groups in total. The van der Waals surface area contributed by atoms with Crippen LogP contribution < -0.4 is 15.4 Å². The third-order valence-corrected chi connectivity index (χ3v) is 6.41. The van der Waals surface area contributed by atoms with Gasteiger partial charge in [0, 0.05) is 17.8 Å². The lowest BCUT2D eigenvalue weighted by molar-refractivity contribution is -0.118. The Balaban J connectivity index is 1.77. The van der Waals surface area contributed by atoms with E-state index < -0.39 is 22.0 Å². The van der Waals surface area contributed by atoms with Gasteiger partial charge < -0.3 is 10.6 Å².